The molecule has 0 unspecified atom stereocenters. The SMILES string of the molecule is [CH2]C(=O)c1cccc(C(F)(F)F)c1. The van der Waals surface area contributed by atoms with Crippen molar-refractivity contribution in [2.75, 3.05) is 0 Å². The second kappa shape index (κ2) is 3.20. The molecule has 0 aromatic heterocycles. The van der Waals surface area contributed by atoms with Crippen LogP contribution in [0.25, 0.3) is 0 Å². The van der Waals surface area contributed by atoms with Gasteiger partial charge in [-0.15, -0.1) is 0 Å². The second-order valence-electron chi connectivity index (χ2n) is 2.50. The van der Waals surface area contributed by atoms with Crippen LogP contribution in [0.4, 0.5) is 13.2 Å². The highest BCUT2D eigenvalue weighted by atomic mass is 19.4. The van der Waals surface area contributed by atoms with E-state index in [1.165, 1.54) is 12.1 Å². The van der Waals surface area contributed by atoms with Crippen molar-refractivity contribution in [3.8, 4) is 0 Å². The zero-order valence-corrected chi connectivity index (χ0v) is 6.56. The van der Waals surface area contributed by atoms with Gasteiger partial charge in [0.25, 0.3) is 0 Å². The molecule has 0 spiro atoms. The Morgan fingerprint density at radius 3 is 2.38 bits per heavy atom. The Labute approximate surface area is 73.2 Å². The topological polar surface area (TPSA) is 17.1 Å². The predicted molar refractivity (Wildman–Crippen MR) is 41.1 cm³/mol. The van der Waals surface area contributed by atoms with Crippen LogP contribution in [-0.4, -0.2) is 5.78 Å². The van der Waals surface area contributed by atoms with Crippen molar-refractivity contribution in [1.82, 2.24) is 0 Å². The van der Waals surface area contributed by atoms with Crippen LogP contribution in [0.1, 0.15) is 15.9 Å². The number of carbonyl (C=O) groups excluding carboxylic acids is 1. The average Bonchev–Trinajstić information content (AvgIpc) is 2.03. The van der Waals surface area contributed by atoms with E-state index in [-0.39, 0.29) is 5.56 Å². The Morgan fingerprint density at radius 1 is 1.31 bits per heavy atom. The average molecular weight is 187 g/mol. The summed E-state index contributed by atoms with van der Waals surface area (Å²) in [6.07, 6.45) is -4.41. The van der Waals surface area contributed by atoms with E-state index >= 15 is 0 Å². The molecule has 0 amide bonds. The largest absolute Gasteiger partial charge is 0.416 e. The standard InChI is InChI=1S/C9H6F3O/c1-6(13)7-3-2-4-8(5-7)9(10,11)12/h2-5H,1H2. The molecule has 0 atom stereocenters. The van der Waals surface area contributed by atoms with E-state index in [9.17, 15) is 18.0 Å². The van der Waals surface area contributed by atoms with Crippen LogP contribution in [0.5, 0.6) is 0 Å². The minimum absolute atomic E-state index is 0.0326. The van der Waals surface area contributed by atoms with Crippen LogP contribution < -0.4 is 0 Å². The molecule has 0 aliphatic rings. The zero-order chi connectivity index (χ0) is 10.1. The number of alkyl halides is 3. The maximum absolute atomic E-state index is 12.1. The van der Waals surface area contributed by atoms with Crippen molar-refractivity contribution >= 4 is 5.78 Å². The Hall–Kier alpha value is -1.32. The summed E-state index contributed by atoms with van der Waals surface area (Å²) in [7, 11) is 0. The molecule has 4 heteroatoms. The molecule has 0 N–H and O–H groups in total. The normalized spacial score (nSPS) is 11.4. The Morgan fingerprint density at radius 2 is 1.92 bits per heavy atom. The van der Waals surface area contributed by atoms with Crippen molar-refractivity contribution < 1.29 is 18.0 Å². The van der Waals surface area contributed by atoms with Gasteiger partial charge in [0, 0.05) is 12.5 Å². The lowest BCUT2D eigenvalue weighted by atomic mass is 10.1. The number of hydrogen-bond acceptors (Lipinski definition) is 1. The van der Waals surface area contributed by atoms with E-state index in [1.807, 2.05) is 0 Å². The molecule has 1 aromatic rings. The third-order valence-electron chi connectivity index (χ3n) is 1.51. The fourth-order valence-corrected chi connectivity index (χ4v) is 0.869. The highest BCUT2D eigenvalue weighted by Gasteiger charge is 2.30. The van der Waals surface area contributed by atoms with Gasteiger partial charge in [-0.2, -0.15) is 13.2 Å². The maximum atomic E-state index is 12.1. The number of halogens is 3. The summed E-state index contributed by atoms with van der Waals surface area (Å²) in [6, 6.07) is 4.17. The van der Waals surface area contributed by atoms with Gasteiger partial charge >= 0.3 is 6.18 Å². The van der Waals surface area contributed by atoms with Gasteiger partial charge in [-0.05, 0) is 12.1 Å². The molecule has 0 saturated heterocycles. The van der Waals surface area contributed by atoms with Crippen LogP contribution in [0.3, 0.4) is 0 Å². The van der Waals surface area contributed by atoms with Crippen molar-refractivity contribution in [1.29, 1.82) is 0 Å². The van der Waals surface area contributed by atoms with Gasteiger partial charge in [0.2, 0.25) is 0 Å². The summed E-state index contributed by atoms with van der Waals surface area (Å²) in [6.45, 7) is 3.03. The molecule has 1 radical (unpaired) electrons. The van der Waals surface area contributed by atoms with Crippen molar-refractivity contribution in [2.45, 2.75) is 6.18 Å². The Bertz CT molecular complexity index is 328. The summed E-state index contributed by atoms with van der Waals surface area (Å²) in [5, 5.41) is 0. The predicted octanol–water partition coefficient (Wildman–Crippen LogP) is 2.72. The molecule has 0 aliphatic carbocycles. The fourth-order valence-electron chi connectivity index (χ4n) is 0.869. The lowest BCUT2D eigenvalue weighted by Gasteiger charge is -2.06. The number of rotatable bonds is 1. The first kappa shape index (κ1) is 9.77. The van der Waals surface area contributed by atoms with Crippen molar-refractivity contribution in [2.24, 2.45) is 0 Å². The molecule has 0 heterocycles. The summed E-state index contributed by atoms with van der Waals surface area (Å²) in [4.78, 5) is 10.6. The van der Waals surface area contributed by atoms with Crippen LogP contribution in [0.2, 0.25) is 0 Å². The van der Waals surface area contributed by atoms with Gasteiger partial charge in [-0.25, -0.2) is 0 Å². The molecule has 0 saturated carbocycles. The van der Waals surface area contributed by atoms with Crippen LogP contribution in [0, 0.1) is 6.92 Å². The highest BCUT2D eigenvalue weighted by Crippen LogP contribution is 2.29. The number of Topliss-reactive ketones (excluding diaryl/α,β-unsaturated/α-hetero) is 1. The number of ketones is 1. The molecule has 0 aliphatic heterocycles. The van der Waals surface area contributed by atoms with Gasteiger partial charge in [0.05, 0.1) is 5.56 Å². The van der Waals surface area contributed by atoms with Gasteiger partial charge < -0.3 is 0 Å². The molecule has 1 nitrogen and oxygen atoms in total. The minimum Gasteiger partial charge on any atom is -0.294 e. The number of hydrogen-bond donors (Lipinski definition) is 0. The van der Waals surface area contributed by atoms with Crippen LogP contribution in [0.15, 0.2) is 24.3 Å². The smallest absolute Gasteiger partial charge is 0.294 e. The van der Waals surface area contributed by atoms with Gasteiger partial charge in [0.15, 0.2) is 5.78 Å². The molecule has 69 valence electrons. The fraction of sp³-hybridized carbons (Fsp3) is 0.111. The minimum atomic E-state index is -4.41. The Kier molecular flexibility index (Phi) is 2.40. The van der Waals surface area contributed by atoms with E-state index in [4.69, 9.17) is 0 Å². The van der Waals surface area contributed by atoms with E-state index in [0.29, 0.717) is 0 Å². The summed E-state index contributed by atoms with van der Waals surface area (Å²) in [5.41, 5.74) is -0.864. The van der Waals surface area contributed by atoms with E-state index in [0.717, 1.165) is 12.1 Å². The van der Waals surface area contributed by atoms with Gasteiger partial charge in [-0.1, -0.05) is 12.1 Å². The highest BCUT2D eigenvalue weighted by molar-refractivity contribution is 5.99. The molecule has 0 fully saturated rings. The number of benzene rings is 1. The van der Waals surface area contributed by atoms with E-state index < -0.39 is 17.5 Å². The quantitative estimate of drug-likeness (QED) is 0.618. The molecule has 1 aromatic carbocycles. The summed E-state index contributed by atoms with van der Waals surface area (Å²) >= 11 is 0. The van der Waals surface area contributed by atoms with E-state index in [2.05, 4.69) is 6.92 Å². The monoisotopic (exact) mass is 187 g/mol. The molecular weight excluding hydrogens is 181 g/mol. The van der Waals surface area contributed by atoms with Crippen molar-refractivity contribution in [3.63, 3.8) is 0 Å². The summed E-state index contributed by atoms with van der Waals surface area (Å²) in [5.74, 6) is -0.619. The first-order chi connectivity index (χ1) is 5.91. The molecule has 1 rings (SSSR count). The van der Waals surface area contributed by atoms with Gasteiger partial charge in [-0.3, -0.25) is 4.79 Å². The maximum Gasteiger partial charge on any atom is 0.416 e. The first-order valence-electron chi connectivity index (χ1n) is 3.45. The zero-order valence-electron chi connectivity index (χ0n) is 6.56. The molecule has 0 bridgehead atoms. The molecule has 13 heavy (non-hydrogen) atoms. The van der Waals surface area contributed by atoms with Crippen LogP contribution in [-0.2, 0) is 6.18 Å². The second-order valence-corrected chi connectivity index (χ2v) is 2.50. The van der Waals surface area contributed by atoms with E-state index in [1.54, 1.807) is 0 Å². The molecular formula is C9H6F3O. The number of carbonyl (C=O) groups is 1. The Balaban J connectivity index is 3.13. The lowest BCUT2D eigenvalue weighted by Crippen LogP contribution is -2.06. The van der Waals surface area contributed by atoms with Gasteiger partial charge in [0.1, 0.15) is 0 Å². The third-order valence-corrected chi connectivity index (χ3v) is 1.51. The van der Waals surface area contributed by atoms with Crippen LogP contribution >= 0.6 is 0 Å². The first-order valence-corrected chi connectivity index (χ1v) is 3.45. The lowest BCUT2D eigenvalue weighted by molar-refractivity contribution is -0.137. The summed E-state index contributed by atoms with van der Waals surface area (Å²) < 4.78 is 36.3. The third kappa shape index (κ3) is 2.31. The van der Waals surface area contributed by atoms with Crippen molar-refractivity contribution in [3.05, 3.63) is 42.3 Å².